The fourth-order valence-electron chi connectivity index (χ4n) is 4.66. The molecule has 4 rings (SSSR count). The summed E-state index contributed by atoms with van der Waals surface area (Å²) in [7, 11) is -7.85. The maximum absolute atomic E-state index is 13.6. The highest BCUT2D eigenvalue weighted by Crippen LogP contribution is 2.28. The van der Waals surface area contributed by atoms with Crippen LogP contribution < -0.4 is 10.0 Å². The van der Waals surface area contributed by atoms with Gasteiger partial charge >= 0.3 is 0 Å². The van der Waals surface area contributed by atoms with Gasteiger partial charge in [0, 0.05) is 24.9 Å². The van der Waals surface area contributed by atoms with Crippen molar-refractivity contribution in [2.45, 2.75) is 66.9 Å². The molecule has 0 aromatic heterocycles. The fraction of sp³-hybridized carbons (Fsp3) is 0.480. The van der Waals surface area contributed by atoms with Crippen molar-refractivity contribution >= 4 is 31.6 Å². The zero-order chi connectivity index (χ0) is 25.6. The zero-order valence-corrected chi connectivity index (χ0v) is 21.8. The maximum Gasteiger partial charge on any atom is 0.243 e. The van der Waals surface area contributed by atoms with Gasteiger partial charge in [0.2, 0.25) is 26.0 Å². The molecule has 1 saturated heterocycles. The fourth-order valence-corrected chi connectivity index (χ4v) is 7.37. The number of amides is 1. The van der Waals surface area contributed by atoms with Crippen molar-refractivity contribution in [3.05, 3.63) is 54.6 Å². The van der Waals surface area contributed by atoms with Gasteiger partial charge in [0.25, 0.3) is 0 Å². The number of hydrogen-bond donors (Lipinski definition) is 2. The Balaban J connectivity index is 1.51. The lowest BCUT2D eigenvalue weighted by Gasteiger charge is -2.33. The number of para-hydroxylation sites is 1. The second-order valence-electron chi connectivity index (χ2n) is 9.21. The van der Waals surface area contributed by atoms with E-state index in [2.05, 4.69) is 10.0 Å². The molecule has 2 fully saturated rings. The van der Waals surface area contributed by atoms with E-state index in [1.165, 1.54) is 28.6 Å². The van der Waals surface area contributed by atoms with Crippen LogP contribution in [-0.2, 0) is 29.6 Å². The second kappa shape index (κ2) is 11.8. The van der Waals surface area contributed by atoms with Crippen molar-refractivity contribution in [1.82, 2.24) is 9.03 Å². The summed E-state index contributed by atoms with van der Waals surface area (Å²) in [5.41, 5.74) is 0.591. The van der Waals surface area contributed by atoms with Gasteiger partial charge in [0.05, 0.1) is 22.4 Å². The average Bonchev–Trinajstić information content (AvgIpc) is 3.41. The van der Waals surface area contributed by atoms with Crippen molar-refractivity contribution in [1.29, 1.82) is 0 Å². The third-order valence-corrected chi connectivity index (χ3v) is 9.96. The summed E-state index contributed by atoms with van der Waals surface area (Å²) in [6.07, 6.45) is 5.73. The smallest absolute Gasteiger partial charge is 0.243 e. The molecule has 1 aliphatic carbocycles. The molecular formula is C25H33N3O6S2. The van der Waals surface area contributed by atoms with E-state index in [1.54, 1.807) is 24.3 Å². The minimum atomic E-state index is -4.04. The number of ether oxygens (including phenoxy) is 1. The molecule has 0 bridgehead atoms. The van der Waals surface area contributed by atoms with Gasteiger partial charge in [0.1, 0.15) is 0 Å². The van der Waals surface area contributed by atoms with E-state index < -0.39 is 26.0 Å². The molecule has 1 amide bonds. The highest BCUT2D eigenvalue weighted by atomic mass is 32.2. The quantitative estimate of drug-likeness (QED) is 0.482. The standard InChI is InChI=1S/C25H33N3O6S2/c29-25(27-20-8-3-1-4-9-20)19-28(21-10-5-2-6-11-21)36(32,33)24-15-13-23(14-16-24)35(30,31)26-18-22-12-7-17-34-22/h1,3-4,8-9,13-16,21-22,26H,2,5-7,10-12,17-19H2,(H,27,29). The number of hydrogen-bond acceptors (Lipinski definition) is 6. The van der Waals surface area contributed by atoms with Crippen LogP contribution in [0.25, 0.3) is 0 Å². The Labute approximate surface area is 213 Å². The molecule has 1 atom stereocenters. The topological polar surface area (TPSA) is 122 Å². The van der Waals surface area contributed by atoms with Crippen molar-refractivity contribution in [2.24, 2.45) is 0 Å². The number of benzene rings is 2. The first-order chi connectivity index (χ1) is 17.3. The van der Waals surface area contributed by atoms with Gasteiger partial charge < -0.3 is 10.1 Å². The highest BCUT2D eigenvalue weighted by molar-refractivity contribution is 7.89. The van der Waals surface area contributed by atoms with Gasteiger partial charge in [-0.15, -0.1) is 0 Å². The van der Waals surface area contributed by atoms with Crippen LogP contribution in [-0.4, -0.2) is 58.9 Å². The predicted octanol–water partition coefficient (Wildman–Crippen LogP) is 3.11. The molecule has 1 saturated carbocycles. The molecular weight excluding hydrogens is 502 g/mol. The zero-order valence-electron chi connectivity index (χ0n) is 20.1. The van der Waals surface area contributed by atoms with Gasteiger partial charge in [-0.1, -0.05) is 37.5 Å². The van der Waals surface area contributed by atoms with Crippen molar-refractivity contribution in [3.63, 3.8) is 0 Å². The number of nitrogens with one attached hydrogen (secondary N) is 2. The summed E-state index contributed by atoms with van der Waals surface area (Å²) in [5.74, 6) is -0.423. The van der Waals surface area contributed by atoms with Crippen LogP contribution in [0.4, 0.5) is 5.69 Å². The maximum atomic E-state index is 13.6. The Kier molecular flexibility index (Phi) is 8.78. The van der Waals surface area contributed by atoms with Crippen LogP contribution in [0, 0.1) is 0 Å². The SMILES string of the molecule is O=C(CN(C1CCCCC1)S(=O)(=O)c1ccc(S(=O)(=O)NCC2CCCO2)cc1)Nc1ccccc1. The van der Waals surface area contributed by atoms with Crippen molar-refractivity contribution < 1.29 is 26.4 Å². The first-order valence-corrected chi connectivity index (χ1v) is 15.3. The number of carbonyl (C=O) groups excluding carboxylic acids is 1. The van der Waals surface area contributed by atoms with Gasteiger partial charge in [-0.05, 0) is 62.1 Å². The molecule has 0 spiro atoms. The number of carbonyl (C=O) groups is 1. The number of rotatable bonds is 10. The number of nitrogens with zero attached hydrogens (tertiary/aromatic N) is 1. The molecule has 196 valence electrons. The molecule has 9 nitrogen and oxygen atoms in total. The van der Waals surface area contributed by atoms with Gasteiger partial charge in [-0.2, -0.15) is 4.31 Å². The lowest BCUT2D eigenvalue weighted by atomic mass is 9.95. The third kappa shape index (κ3) is 6.71. The average molecular weight is 536 g/mol. The van der Waals surface area contributed by atoms with E-state index in [1.807, 2.05) is 6.07 Å². The highest BCUT2D eigenvalue weighted by Gasteiger charge is 2.34. The molecule has 2 aliphatic rings. The van der Waals surface area contributed by atoms with Crippen LogP contribution in [0.3, 0.4) is 0 Å². The van der Waals surface area contributed by atoms with E-state index in [-0.39, 0.29) is 35.0 Å². The molecule has 2 N–H and O–H groups in total. The van der Waals surface area contributed by atoms with E-state index in [4.69, 9.17) is 4.74 Å². The van der Waals surface area contributed by atoms with E-state index in [0.29, 0.717) is 25.1 Å². The van der Waals surface area contributed by atoms with Gasteiger partial charge in [0.15, 0.2) is 0 Å². The molecule has 1 unspecified atom stereocenters. The van der Waals surface area contributed by atoms with Crippen molar-refractivity contribution in [2.75, 3.05) is 25.0 Å². The Morgan fingerprint density at radius 2 is 1.53 bits per heavy atom. The second-order valence-corrected chi connectivity index (χ2v) is 12.9. The Hall–Kier alpha value is -2.31. The number of sulfonamides is 2. The van der Waals surface area contributed by atoms with Crippen LogP contribution >= 0.6 is 0 Å². The Bertz CT molecular complexity index is 1220. The van der Waals surface area contributed by atoms with Crippen LogP contribution in [0.5, 0.6) is 0 Å². The Morgan fingerprint density at radius 1 is 0.861 bits per heavy atom. The lowest BCUT2D eigenvalue weighted by molar-refractivity contribution is -0.116. The van der Waals surface area contributed by atoms with E-state index >= 15 is 0 Å². The van der Waals surface area contributed by atoms with E-state index in [0.717, 1.165) is 32.1 Å². The minimum Gasteiger partial charge on any atom is -0.377 e. The molecule has 2 aromatic rings. The number of anilines is 1. The molecule has 2 aromatic carbocycles. The normalized spacial score (nSPS) is 19.4. The summed E-state index contributed by atoms with van der Waals surface area (Å²) >= 11 is 0. The van der Waals surface area contributed by atoms with E-state index in [9.17, 15) is 21.6 Å². The first-order valence-electron chi connectivity index (χ1n) is 12.3. The third-order valence-electron chi connectivity index (χ3n) is 6.60. The summed E-state index contributed by atoms with van der Waals surface area (Å²) < 4.78 is 61.9. The summed E-state index contributed by atoms with van der Waals surface area (Å²) in [6.45, 7) is 0.485. The molecule has 1 aliphatic heterocycles. The van der Waals surface area contributed by atoms with Gasteiger partial charge in [-0.3, -0.25) is 4.79 Å². The van der Waals surface area contributed by atoms with Crippen molar-refractivity contribution in [3.8, 4) is 0 Å². The lowest BCUT2D eigenvalue weighted by Crippen LogP contribution is -2.45. The minimum absolute atomic E-state index is 0.0227. The van der Waals surface area contributed by atoms with Crippen LogP contribution in [0.1, 0.15) is 44.9 Å². The summed E-state index contributed by atoms with van der Waals surface area (Å²) in [6, 6.07) is 13.8. The van der Waals surface area contributed by atoms with Gasteiger partial charge in [-0.25, -0.2) is 21.6 Å². The summed E-state index contributed by atoms with van der Waals surface area (Å²) in [5, 5.41) is 2.76. The Morgan fingerprint density at radius 3 is 2.17 bits per heavy atom. The first kappa shape index (κ1) is 26.7. The molecule has 11 heteroatoms. The monoisotopic (exact) mass is 535 g/mol. The molecule has 36 heavy (non-hydrogen) atoms. The largest absolute Gasteiger partial charge is 0.377 e. The predicted molar refractivity (Wildman–Crippen MR) is 136 cm³/mol. The summed E-state index contributed by atoms with van der Waals surface area (Å²) in [4.78, 5) is 12.7. The molecule has 1 heterocycles. The van der Waals surface area contributed by atoms with Crippen LogP contribution in [0.2, 0.25) is 0 Å². The molecule has 0 radical (unpaired) electrons. The van der Waals surface area contributed by atoms with Crippen LogP contribution in [0.15, 0.2) is 64.4 Å².